The summed E-state index contributed by atoms with van der Waals surface area (Å²) in [5.74, 6) is -0.0850. The molecule has 0 atom stereocenters. The van der Waals surface area contributed by atoms with Gasteiger partial charge in [-0.3, -0.25) is 4.79 Å². The number of ether oxygens (including phenoxy) is 1. The summed E-state index contributed by atoms with van der Waals surface area (Å²) in [6, 6.07) is 11.0. The zero-order chi connectivity index (χ0) is 23.3. The molecule has 1 aromatic heterocycles. The number of benzene rings is 2. The largest absolute Gasteiger partial charge is 0.493 e. The molecule has 0 amide bonds. The third kappa shape index (κ3) is 6.32. The molecule has 2 aromatic carbocycles. The van der Waals surface area contributed by atoms with E-state index in [9.17, 15) is 18.0 Å². The molecule has 1 N–H and O–H groups in total. The Morgan fingerprint density at radius 1 is 1.09 bits per heavy atom. The van der Waals surface area contributed by atoms with Crippen LogP contribution in [0, 0.1) is 13.8 Å². The van der Waals surface area contributed by atoms with Crippen molar-refractivity contribution in [2.75, 3.05) is 6.61 Å². The van der Waals surface area contributed by atoms with Crippen molar-refractivity contribution in [1.29, 1.82) is 0 Å². The number of rotatable bonds is 9. The summed E-state index contributed by atoms with van der Waals surface area (Å²) < 4.78 is 44.0. The van der Waals surface area contributed by atoms with E-state index in [0.717, 1.165) is 52.4 Å². The summed E-state index contributed by atoms with van der Waals surface area (Å²) in [4.78, 5) is 16.2. The van der Waals surface area contributed by atoms with Crippen molar-refractivity contribution in [2.45, 2.75) is 45.7 Å². The maximum absolute atomic E-state index is 12.8. The van der Waals surface area contributed by atoms with Crippen molar-refractivity contribution in [3.8, 4) is 16.3 Å². The normalized spacial score (nSPS) is 11.5. The van der Waals surface area contributed by atoms with Gasteiger partial charge in [0, 0.05) is 16.9 Å². The van der Waals surface area contributed by atoms with E-state index < -0.39 is 17.7 Å². The summed E-state index contributed by atoms with van der Waals surface area (Å²) in [6.07, 6.45) is -2.22. The monoisotopic (exact) mass is 463 g/mol. The first-order chi connectivity index (χ1) is 15.1. The average Bonchev–Trinajstić information content (AvgIpc) is 3.10. The first-order valence-corrected chi connectivity index (χ1v) is 11.0. The Labute approximate surface area is 188 Å². The Balaban J connectivity index is 1.61. The van der Waals surface area contributed by atoms with Crippen LogP contribution in [0.1, 0.15) is 40.1 Å². The quantitative estimate of drug-likeness (QED) is 0.369. The van der Waals surface area contributed by atoms with Crippen LogP contribution in [0.4, 0.5) is 13.2 Å². The molecule has 3 aromatic rings. The van der Waals surface area contributed by atoms with Gasteiger partial charge in [0.25, 0.3) is 0 Å². The van der Waals surface area contributed by atoms with E-state index in [2.05, 4.69) is 11.1 Å². The third-order valence-corrected chi connectivity index (χ3v) is 6.29. The summed E-state index contributed by atoms with van der Waals surface area (Å²) in [5.41, 5.74) is 3.03. The maximum atomic E-state index is 12.8. The van der Waals surface area contributed by atoms with Gasteiger partial charge >= 0.3 is 12.1 Å². The van der Waals surface area contributed by atoms with Crippen molar-refractivity contribution < 1.29 is 27.8 Å². The van der Waals surface area contributed by atoms with Crippen LogP contribution < -0.4 is 4.74 Å². The van der Waals surface area contributed by atoms with Crippen molar-refractivity contribution >= 4 is 17.3 Å². The lowest BCUT2D eigenvalue weighted by atomic mass is 10.1. The number of aryl methyl sites for hydroxylation is 4. The van der Waals surface area contributed by atoms with Crippen LogP contribution in [-0.2, 0) is 23.8 Å². The molecule has 170 valence electrons. The van der Waals surface area contributed by atoms with E-state index in [1.807, 2.05) is 26.0 Å². The number of halogens is 3. The van der Waals surface area contributed by atoms with Crippen LogP contribution in [0.25, 0.3) is 10.6 Å². The molecule has 0 fully saturated rings. The molecule has 0 saturated heterocycles. The first-order valence-electron chi connectivity index (χ1n) is 10.2. The van der Waals surface area contributed by atoms with E-state index >= 15 is 0 Å². The minimum Gasteiger partial charge on any atom is -0.493 e. The second-order valence-electron chi connectivity index (χ2n) is 7.55. The van der Waals surface area contributed by atoms with Crippen LogP contribution in [-0.4, -0.2) is 22.7 Å². The topological polar surface area (TPSA) is 59.4 Å². The lowest BCUT2D eigenvalue weighted by Gasteiger charge is -2.10. The molecule has 0 unspecified atom stereocenters. The van der Waals surface area contributed by atoms with Crippen LogP contribution in [0.15, 0.2) is 42.5 Å². The highest BCUT2D eigenvalue weighted by Crippen LogP contribution is 2.33. The summed E-state index contributed by atoms with van der Waals surface area (Å²) in [7, 11) is 0. The molecule has 3 rings (SSSR count). The van der Waals surface area contributed by atoms with Gasteiger partial charge in [0.1, 0.15) is 10.8 Å². The molecule has 1 heterocycles. The number of thiazole rings is 1. The van der Waals surface area contributed by atoms with E-state index in [4.69, 9.17) is 9.84 Å². The maximum Gasteiger partial charge on any atom is 0.416 e. The van der Waals surface area contributed by atoms with Gasteiger partial charge in [-0.1, -0.05) is 24.3 Å². The van der Waals surface area contributed by atoms with Crippen molar-refractivity contribution in [1.82, 2.24) is 4.98 Å². The van der Waals surface area contributed by atoms with Gasteiger partial charge in [-0.2, -0.15) is 13.2 Å². The molecule has 0 aliphatic carbocycles. The zero-order valence-corrected chi connectivity index (χ0v) is 18.6. The molecular formula is C24H24F3NO3S. The van der Waals surface area contributed by atoms with Crippen LogP contribution >= 0.6 is 11.3 Å². The Kier molecular flexibility index (Phi) is 7.56. The predicted molar refractivity (Wildman–Crippen MR) is 118 cm³/mol. The van der Waals surface area contributed by atoms with Crippen LogP contribution in [0.5, 0.6) is 5.75 Å². The molecule has 0 radical (unpaired) electrons. The van der Waals surface area contributed by atoms with E-state index in [-0.39, 0.29) is 6.42 Å². The highest BCUT2D eigenvalue weighted by atomic mass is 32.1. The fraction of sp³-hybridized carbons (Fsp3) is 0.333. The fourth-order valence-electron chi connectivity index (χ4n) is 3.28. The lowest BCUT2D eigenvalue weighted by molar-refractivity contribution is -0.138. The Morgan fingerprint density at radius 2 is 1.81 bits per heavy atom. The highest BCUT2D eigenvalue weighted by molar-refractivity contribution is 7.15. The highest BCUT2D eigenvalue weighted by Gasteiger charge is 2.30. The summed E-state index contributed by atoms with van der Waals surface area (Å²) in [6.45, 7) is 4.23. The number of nitrogens with zero attached hydrogens (tertiary/aromatic N) is 1. The number of carboxylic acids is 1. The zero-order valence-electron chi connectivity index (χ0n) is 17.8. The first kappa shape index (κ1) is 23.8. The van der Waals surface area contributed by atoms with Gasteiger partial charge in [0.2, 0.25) is 0 Å². The van der Waals surface area contributed by atoms with Gasteiger partial charge in [0.05, 0.1) is 17.9 Å². The molecule has 4 nitrogen and oxygen atoms in total. The molecule has 0 spiro atoms. The Morgan fingerprint density at radius 3 is 2.44 bits per heavy atom. The van der Waals surface area contributed by atoms with Gasteiger partial charge in [-0.05, 0) is 62.4 Å². The molecule has 0 saturated carbocycles. The second-order valence-corrected chi connectivity index (χ2v) is 8.63. The SMILES string of the molecule is Cc1cc(CCc2sc(-c3ccc(C(F)(F)F)cc3)nc2C)ccc1OCCCC(=O)O. The number of carbonyl (C=O) groups is 1. The van der Waals surface area contributed by atoms with Gasteiger partial charge < -0.3 is 9.84 Å². The molecular weight excluding hydrogens is 439 g/mol. The standard InChI is InChI=1S/C24H24F3NO3S/c1-15-14-17(5-11-20(15)31-13-3-4-22(29)30)6-12-21-16(2)28-23(32-21)18-7-9-19(10-8-18)24(25,26)27/h5,7-11,14H,3-4,6,12-13H2,1-2H3,(H,29,30). The minimum atomic E-state index is -4.35. The van der Waals surface area contributed by atoms with Crippen LogP contribution in [0.2, 0.25) is 0 Å². The van der Waals surface area contributed by atoms with E-state index in [0.29, 0.717) is 23.6 Å². The number of aromatic nitrogens is 1. The van der Waals surface area contributed by atoms with E-state index in [1.165, 1.54) is 23.5 Å². The summed E-state index contributed by atoms with van der Waals surface area (Å²) in [5, 5.41) is 9.40. The van der Waals surface area contributed by atoms with Gasteiger partial charge in [0.15, 0.2) is 0 Å². The average molecular weight is 464 g/mol. The molecule has 0 aliphatic rings. The number of aliphatic carboxylic acids is 1. The number of carboxylic acid groups (broad SMARTS) is 1. The fourth-order valence-corrected chi connectivity index (χ4v) is 4.34. The second kappa shape index (κ2) is 10.2. The number of hydrogen-bond acceptors (Lipinski definition) is 4. The smallest absolute Gasteiger partial charge is 0.416 e. The Bertz CT molecular complexity index is 1080. The molecule has 0 bridgehead atoms. The third-order valence-electron chi connectivity index (χ3n) is 5.02. The number of alkyl halides is 3. The summed E-state index contributed by atoms with van der Waals surface area (Å²) >= 11 is 1.50. The van der Waals surface area contributed by atoms with E-state index in [1.54, 1.807) is 0 Å². The van der Waals surface area contributed by atoms with Crippen molar-refractivity contribution in [3.05, 3.63) is 69.7 Å². The van der Waals surface area contributed by atoms with Gasteiger partial charge in [-0.15, -0.1) is 11.3 Å². The molecule has 0 aliphatic heterocycles. The van der Waals surface area contributed by atoms with Crippen LogP contribution in [0.3, 0.4) is 0 Å². The predicted octanol–water partition coefficient (Wildman–Crippen LogP) is 6.47. The lowest BCUT2D eigenvalue weighted by Crippen LogP contribution is -2.03. The molecule has 8 heteroatoms. The van der Waals surface area contributed by atoms with Crippen molar-refractivity contribution in [2.24, 2.45) is 0 Å². The van der Waals surface area contributed by atoms with Gasteiger partial charge in [-0.25, -0.2) is 4.98 Å². The van der Waals surface area contributed by atoms with Crippen molar-refractivity contribution in [3.63, 3.8) is 0 Å². The minimum absolute atomic E-state index is 0.0831. The number of hydrogen-bond donors (Lipinski definition) is 1. The molecule has 32 heavy (non-hydrogen) atoms. The Hall–Kier alpha value is -2.87.